The van der Waals surface area contributed by atoms with Gasteiger partial charge in [-0.2, -0.15) is 9.67 Å². The fourth-order valence-electron chi connectivity index (χ4n) is 5.05. The van der Waals surface area contributed by atoms with Gasteiger partial charge in [0.15, 0.2) is 0 Å². The van der Waals surface area contributed by atoms with Gasteiger partial charge in [-0.1, -0.05) is 24.3 Å². The first-order chi connectivity index (χ1) is 15.1. The second-order valence-corrected chi connectivity index (χ2v) is 8.66. The maximum absolute atomic E-state index is 5.00. The molecule has 1 fully saturated rings. The molecule has 31 heavy (non-hydrogen) atoms. The number of rotatable bonds is 4. The summed E-state index contributed by atoms with van der Waals surface area (Å²) in [6.07, 6.45) is 9.62. The van der Waals surface area contributed by atoms with E-state index in [-0.39, 0.29) is 0 Å². The fourth-order valence-corrected chi connectivity index (χ4v) is 5.05. The molecule has 0 saturated carbocycles. The molecule has 0 radical (unpaired) electrons. The van der Waals surface area contributed by atoms with E-state index in [0.29, 0.717) is 0 Å². The Morgan fingerprint density at radius 2 is 1.68 bits per heavy atom. The summed E-state index contributed by atoms with van der Waals surface area (Å²) in [5.74, 6) is 0. The average molecular weight is 412 g/mol. The third-order valence-electron chi connectivity index (χ3n) is 6.65. The maximum atomic E-state index is 5.00. The van der Waals surface area contributed by atoms with Gasteiger partial charge >= 0.3 is 0 Å². The second-order valence-electron chi connectivity index (χ2n) is 8.66. The van der Waals surface area contributed by atoms with Gasteiger partial charge < -0.3 is 4.90 Å². The molecule has 4 heteroatoms. The van der Waals surface area contributed by atoms with Gasteiger partial charge in [-0.3, -0.25) is 5.01 Å². The van der Waals surface area contributed by atoms with E-state index < -0.39 is 0 Å². The van der Waals surface area contributed by atoms with Gasteiger partial charge in [0.25, 0.3) is 0 Å². The van der Waals surface area contributed by atoms with Crippen molar-refractivity contribution in [3.05, 3.63) is 64.7 Å². The monoisotopic (exact) mass is 411 g/mol. The number of benzene rings is 2. The predicted octanol–water partition coefficient (Wildman–Crippen LogP) is 3.48. The lowest BCUT2D eigenvalue weighted by atomic mass is 10.0. The number of para-hydroxylation sites is 1. The van der Waals surface area contributed by atoms with Crippen molar-refractivity contribution in [2.75, 3.05) is 30.0 Å². The number of nitrogens with zero attached hydrogens (tertiary/aromatic N) is 4. The number of hydrazone groups is 1. The van der Waals surface area contributed by atoms with E-state index >= 15 is 0 Å². The third kappa shape index (κ3) is 3.60. The molecule has 2 aromatic carbocycles. The van der Waals surface area contributed by atoms with E-state index in [2.05, 4.69) is 91.2 Å². The normalized spacial score (nSPS) is 16.1. The van der Waals surface area contributed by atoms with Crippen molar-refractivity contribution >= 4 is 40.1 Å². The molecule has 158 valence electrons. The molecule has 1 aliphatic carbocycles. The number of fused-ring (bicyclic) bond motifs is 2. The number of anilines is 2. The smallest absolute Gasteiger partial charge is 0.228 e. The van der Waals surface area contributed by atoms with Crippen LogP contribution in [0, 0.1) is 0 Å². The van der Waals surface area contributed by atoms with E-state index in [0.717, 1.165) is 24.2 Å². The SMILES string of the molecule is C/C(=N\N(C)c1ccc(N2CCCC2)c2c1=CCCC=2)c1ccc2ccccc2[n+]1C. The summed E-state index contributed by atoms with van der Waals surface area (Å²) in [5, 5.41) is 11.0. The lowest BCUT2D eigenvalue weighted by Crippen LogP contribution is -2.39. The van der Waals surface area contributed by atoms with Gasteiger partial charge in [0.05, 0.1) is 5.69 Å². The Morgan fingerprint density at radius 3 is 2.48 bits per heavy atom. The molecule has 0 N–H and O–H groups in total. The van der Waals surface area contributed by atoms with Crippen molar-refractivity contribution < 1.29 is 4.57 Å². The van der Waals surface area contributed by atoms with Gasteiger partial charge in [0.2, 0.25) is 11.2 Å². The second kappa shape index (κ2) is 8.18. The molecule has 2 heterocycles. The Kier molecular flexibility index (Phi) is 5.23. The maximum Gasteiger partial charge on any atom is 0.228 e. The zero-order valence-corrected chi connectivity index (χ0v) is 18.8. The summed E-state index contributed by atoms with van der Waals surface area (Å²) in [5.41, 5.74) is 5.92. The van der Waals surface area contributed by atoms with Crippen LogP contribution in [0.25, 0.3) is 23.1 Å². The molecule has 0 bridgehead atoms. The highest BCUT2D eigenvalue weighted by molar-refractivity contribution is 5.97. The summed E-state index contributed by atoms with van der Waals surface area (Å²) in [7, 11) is 4.18. The van der Waals surface area contributed by atoms with Crippen LogP contribution >= 0.6 is 0 Å². The van der Waals surface area contributed by atoms with Gasteiger partial charge in [0, 0.05) is 53.8 Å². The van der Waals surface area contributed by atoms with Gasteiger partial charge in [-0.25, -0.2) is 0 Å². The Hall–Kier alpha value is -3.14. The Morgan fingerprint density at radius 1 is 0.935 bits per heavy atom. The van der Waals surface area contributed by atoms with Crippen molar-refractivity contribution in [1.82, 2.24) is 0 Å². The number of hydrogen-bond donors (Lipinski definition) is 0. The van der Waals surface area contributed by atoms with E-state index in [1.807, 2.05) is 5.01 Å². The summed E-state index contributed by atoms with van der Waals surface area (Å²) in [6, 6.07) is 17.4. The minimum Gasteiger partial charge on any atom is -0.371 e. The van der Waals surface area contributed by atoms with Crippen molar-refractivity contribution in [1.29, 1.82) is 0 Å². The Bertz CT molecular complexity index is 1280. The standard InChI is InChI=1S/C27H31N4/c1-20(24-15-14-21-10-4-7-13-25(21)29(24)2)28-30(3)26-16-17-27(31-18-8-9-19-31)23-12-6-5-11-22(23)26/h4,7,10-17H,5-6,8-9,18-19H2,1-3H3/q+1. The molecule has 5 rings (SSSR count). The van der Waals surface area contributed by atoms with Crippen LogP contribution in [0.2, 0.25) is 0 Å². The molecule has 1 aliphatic heterocycles. The van der Waals surface area contributed by atoms with Crippen LogP contribution in [0.15, 0.2) is 53.6 Å². The van der Waals surface area contributed by atoms with E-state index in [1.165, 1.54) is 58.6 Å². The lowest BCUT2D eigenvalue weighted by molar-refractivity contribution is -0.646. The molecule has 0 amide bonds. The first-order valence-electron chi connectivity index (χ1n) is 11.4. The molecule has 0 unspecified atom stereocenters. The molecular weight excluding hydrogens is 380 g/mol. The molecule has 1 saturated heterocycles. The van der Waals surface area contributed by atoms with Gasteiger partial charge in [0.1, 0.15) is 12.8 Å². The van der Waals surface area contributed by atoms with E-state index in [4.69, 9.17) is 5.10 Å². The Labute approximate surface area is 184 Å². The minimum atomic E-state index is 1.01. The molecule has 0 atom stereocenters. The largest absolute Gasteiger partial charge is 0.371 e. The first kappa shape index (κ1) is 19.8. The number of aromatic nitrogens is 1. The highest BCUT2D eigenvalue weighted by atomic mass is 15.4. The van der Waals surface area contributed by atoms with Crippen LogP contribution < -0.4 is 24.9 Å². The molecule has 1 aromatic heterocycles. The topological polar surface area (TPSA) is 22.7 Å². The van der Waals surface area contributed by atoms with E-state index in [9.17, 15) is 0 Å². The molecule has 4 nitrogen and oxygen atoms in total. The van der Waals surface area contributed by atoms with Crippen LogP contribution in [0.1, 0.15) is 38.3 Å². The summed E-state index contributed by atoms with van der Waals surface area (Å²) in [6.45, 7) is 4.44. The van der Waals surface area contributed by atoms with Gasteiger partial charge in [-0.05, 0) is 56.9 Å². The van der Waals surface area contributed by atoms with Crippen LogP contribution in [0.3, 0.4) is 0 Å². The average Bonchev–Trinajstić information content (AvgIpc) is 3.33. The highest BCUT2D eigenvalue weighted by Crippen LogP contribution is 2.19. The van der Waals surface area contributed by atoms with E-state index in [1.54, 1.807) is 0 Å². The van der Waals surface area contributed by atoms with Crippen LogP contribution in [0.5, 0.6) is 0 Å². The van der Waals surface area contributed by atoms with Crippen molar-refractivity contribution in [2.45, 2.75) is 32.6 Å². The molecular formula is C27H31N4+. The van der Waals surface area contributed by atoms with Crippen molar-refractivity contribution in [2.24, 2.45) is 12.1 Å². The zero-order valence-electron chi connectivity index (χ0n) is 18.8. The van der Waals surface area contributed by atoms with Crippen LogP contribution in [0.4, 0.5) is 11.4 Å². The first-order valence-corrected chi connectivity index (χ1v) is 11.4. The molecule has 2 aliphatic rings. The van der Waals surface area contributed by atoms with Crippen LogP contribution in [-0.4, -0.2) is 25.8 Å². The number of aryl methyl sites for hydroxylation is 1. The fraction of sp³-hybridized carbons (Fsp3) is 0.333. The van der Waals surface area contributed by atoms with Crippen LogP contribution in [-0.2, 0) is 7.05 Å². The molecule has 3 aromatic rings. The minimum absolute atomic E-state index is 1.01. The third-order valence-corrected chi connectivity index (χ3v) is 6.65. The Balaban J connectivity index is 1.54. The van der Waals surface area contributed by atoms with Crippen molar-refractivity contribution in [3.63, 3.8) is 0 Å². The number of pyridine rings is 1. The summed E-state index contributed by atoms with van der Waals surface area (Å²) < 4.78 is 2.23. The summed E-state index contributed by atoms with van der Waals surface area (Å²) in [4.78, 5) is 2.54. The number of hydrogen-bond acceptors (Lipinski definition) is 3. The lowest BCUT2D eigenvalue weighted by Gasteiger charge is -2.23. The predicted molar refractivity (Wildman–Crippen MR) is 131 cm³/mol. The highest BCUT2D eigenvalue weighted by Gasteiger charge is 2.18. The quantitative estimate of drug-likeness (QED) is 0.373. The summed E-state index contributed by atoms with van der Waals surface area (Å²) >= 11 is 0. The van der Waals surface area contributed by atoms with Gasteiger partial charge in [-0.15, -0.1) is 0 Å². The van der Waals surface area contributed by atoms with Crippen molar-refractivity contribution in [3.8, 4) is 0 Å². The zero-order chi connectivity index (χ0) is 21.4. The molecule has 0 spiro atoms.